The Morgan fingerprint density at radius 3 is 2.29 bits per heavy atom. The van der Waals surface area contributed by atoms with Crippen molar-refractivity contribution < 1.29 is 15.1 Å². The topological polar surface area (TPSA) is 86.8 Å². The Balaban J connectivity index is 2.26. The van der Waals surface area contributed by atoms with Crippen LogP contribution in [-0.2, 0) is 5.41 Å². The van der Waals surface area contributed by atoms with Gasteiger partial charge in [0, 0.05) is 12.5 Å². The van der Waals surface area contributed by atoms with Gasteiger partial charge in [0.15, 0.2) is 0 Å². The van der Waals surface area contributed by atoms with Gasteiger partial charge in [0.1, 0.15) is 0 Å². The van der Waals surface area contributed by atoms with Crippen LogP contribution in [0.15, 0.2) is 24.3 Å². The lowest BCUT2D eigenvalue weighted by Gasteiger charge is -2.27. The van der Waals surface area contributed by atoms with Crippen LogP contribution in [0, 0.1) is 0 Å². The summed E-state index contributed by atoms with van der Waals surface area (Å²) >= 11 is 0. The summed E-state index contributed by atoms with van der Waals surface area (Å²) in [5.41, 5.74) is 6.95. The Bertz CT molecular complexity index is 424. The summed E-state index contributed by atoms with van der Waals surface area (Å²) < 4.78 is 0. The first kappa shape index (κ1) is 12.0. The second-order valence-corrected chi connectivity index (χ2v) is 4.56. The lowest BCUT2D eigenvalue weighted by atomic mass is 9.92. The first-order valence-corrected chi connectivity index (χ1v) is 5.48. The van der Waals surface area contributed by atoms with E-state index in [-0.39, 0.29) is 11.0 Å². The number of rotatable bonds is 4. The molecule has 1 aliphatic carbocycles. The lowest BCUT2D eigenvalue weighted by Crippen LogP contribution is -2.46. The molecule has 2 rings (SSSR count). The van der Waals surface area contributed by atoms with E-state index < -0.39 is 12.1 Å². The standard InChI is InChI=1S/C12H16N2O3/c1-14(17)11(13)12(6-7-12)9-4-2-8(3-5-9)10(15)16/h2-5,11,17H,6-7,13H2,1H3,(H,15,16). The van der Waals surface area contributed by atoms with Crippen LogP contribution in [0.3, 0.4) is 0 Å². The summed E-state index contributed by atoms with van der Waals surface area (Å²) in [4.78, 5) is 10.7. The maximum absolute atomic E-state index is 10.7. The highest BCUT2D eigenvalue weighted by Crippen LogP contribution is 2.50. The summed E-state index contributed by atoms with van der Waals surface area (Å²) in [5.74, 6) is -0.940. The Morgan fingerprint density at radius 2 is 1.94 bits per heavy atom. The van der Waals surface area contributed by atoms with Crippen LogP contribution in [0.5, 0.6) is 0 Å². The Hall–Kier alpha value is -1.43. The van der Waals surface area contributed by atoms with Gasteiger partial charge in [-0.15, -0.1) is 0 Å². The normalized spacial score (nSPS) is 19.1. The van der Waals surface area contributed by atoms with Gasteiger partial charge in [0.05, 0.1) is 11.7 Å². The Labute approximate surface area is 99.4 Å². The highest BCUT2D eigenvalue weighted by atomic mass is 16.5. The summed E-state index contributed by atoms with van der Waals surface area (Å²) in [6.45, 7) is 0. The van der Waals surface area contributed by atoms with Gasteiger partial charge in [-0.25, -0.2) is 4.79 Å². The second kappa shape index (κ2) is 4.10. The zero-order chi connectivity index (χ0) is 12.6. The summed E-state index contributed by atoms with van der Waals surface area (Å²) in [6, 6.07) is 6.70. The Morgan fingerprint density at radius 1 is 1.41 bits per heavy atom. The fraction of sp³-hybridized carbons (Fsp3) is 0.417. The molecule has 1 aliphatic rings. The van der Waals surface area contributed by atoms with E-state index in [2.05, 4.69) is 0 Å². The lowest BCUT2D eigenvalue weighted by molar-refractivity contribution is -0.111. The van der Waals surface area contributed by atoms with Crippen LogP contribution in [0.2, 0.25) is 0 Å². The van der Waals surface area contributed by atoms with Gasteiger partial charge in [-0.05, 0) is 30.5 Å². The van der Waals surface area contributed by atoms with Crippen molar-refractivity contribution in [2.75, 3.05) is 7.05 Å². The highest BCUT2D eigenvalue weighted by Gasteiger charge is 2.50. The van der Waals surface area contributed by atoms with Crippen molar-refractivity contribution in [2.45, 2.75) is 24.4 Å². The van der Waals surface area contributed by atoms with Gasteiger partial charge >= 0.3 is 5.97 Å². The number of nitrogens with two attached hydrogens (primary N) is 1. The molecule has 0 bridgehead atoms. The first-order chi connectivity index (χ1) is 7.97. The number of hydrogen-bond donors (Lipinski definition) is 3. The monoisotopic (exact) mass is 236 g/mol. The second-order valence-electron chi connectivity index (χ2n) is 4.56. The van der Waals surface area contributed by atoms with Gasteiger partial charge in [-0.2, -0.15) is 5.06 Å². The zero-order valence-corrected chi connectivity index (χ0v) is 9.63. The third kappa shape index (κ3) is 2.04. The SMILES string of the molecule is CN(O)C(N)C1(c2ccc(C(=O)O)cc2)CC1. The molecule has 1 unspecified atom stereocenters. The number of carboxylic acids is 1. The van der Waals surface area contributed by atoms with Gasteiger partial charge in [0.25, 0.3) is 0 Å². The van der Waals surface area contributed by atoms with Crippen LogP contribution in [0.1, 0.15) is 28.8 Å². The van der Waals surface area contributed by atoms with E-state index in [0.29, 0.717) is 0 Å². The maximum atomic E-state index is 10.7. The van der Waals surface area contributed by atoms with Crippen molar-refractivity contribution in [3.63, 3.8) is 0 Å². The maximum Gasteiger partial charge on any atom is 0.335 e. The van der Waals surface area contributed by atoms with Crippen molar-refractivity contribution in [1.82, 2.24) is 5.06 Å². The van der Waals surface area contributed by atoms with E-state index in [0.717, 1.165) is 23.5 Å². The largest absolute Gasteiger partial charge is 0.478 e. The van der Waals surface area contributed by atoms with Crippen LogP contribution in [0.4, 0.5) is 0 Å². The third-order valence-electron chi connectivity index (χ3n) is 3.46. The zero-order valence-electron chi connectivity index (χ0n) is 9.63. The molecular formula is C12H16N2O3. The average molecular weight is 236 g/mol. The van der Waals surface area contributed by atoms with Crippen LogP contribution in [0.25, 0.3) is 0 Å². The molecule has 0 amide bonds. The molecule has 1 fully saturated rings. The van der Waals surface area contributed by atoms with Crippen molar-refractivity contribution >= 4 is 5.97 Å². The predicted octanol–water partition coefficient (Wildman–Crippen LogP) is 1.02. The van der Waals surface area contributed by atoms with E-state index >= 15 is 0 Å². The van der Waals surface area contributed by atoms with Gasteiger partial charge < -0.3 is 16.0 Å². The van der Waals surface area contributed by atoms with Gasteiger partial charge in [0.2, 0.25) is 0 Å². The molecule has 4 N–H and O–H groups in total. The van der Waals surface area contributed by atoms with E-state index in [4.69, 9.17) is 10.8 Å². The third-order valence-corrected chi connectivity index (χ3v) is 3.46. The van der Waals surface area contributed by atoms with Crippen LogP contribution in [-0.4, -0.2) is 34.6 Å². The first-order valence-electron chi connectivity index (χ1n) is 5.48. The van der Waals surface area contributed by atoms with E-state index in [1.54, 1.807) is 24.3 Å². The molecule has 5 nitrogen and oxygen atoms in total. The number of aromatic carboxylic acids is 1. The van der Waals surface area contributed by atoms with E-state index in [1.165, 1.54) is 7.05 Å². The number of carboxylic acid groups (broad SMARTS) is 1. The number of benzene rings is 1. The Kier molecular flexibility index (Phi) is 2.91. The molecule has 17 heavy (non-hydrogen) atoms. The molecule has 0 radical (unpaired) electrons. The highest BCUT2D eigenvalue weighted by molar-refractivity contribution is 5.87. The van der Waals surface area contributed by atoms with Crippen LogP contribution < -0.4 is 5.73 Å². The molecule has 0 heterocycles. The van der Waals surface area contributed by atoms with Crippen molar-refractivity contribution in [3.05, 3.63) is 35.4 Å². The molecule has 1 saturated carbocycles. The smallest absolute Gasteiger partial charge is 0.335 e. The van der Waals surface area contributed by atoms with Crippen molar-refractivity contribution in [2.24, 2.45) is 5.73 Å². The molecule has 5 heteroatoms. The molecule has 92 valence electrons. The van der Waals surface area contributed by atoms with E-state index in [9.17, 15) is 10.0 Å². The molecule has 1 aromatic rings. The molecular weight excluding hydrogens is 220 g/mol. The molecule has 0 aromatic heterocycles. The molecule has 0 aliphatic heterocycles. The number of carbonyl (C=O) groups is 1. The minimum absolute atomic E-state index is 0.236. The summed E-state index contributed by atoms with van der Waals surface area (Å²) in [5, 5.41) is 19.2. The summed E-state index contributed by atoms with van der Waals surface area (Å²) in [7, 11) is 1.52. The fourth-order valence-electron chi connectivity index (χ4n) is 2.19. The van der Waals surface area contributed by atoms with Crippen molar-refractivity contribution in [1.29, 1.82) is 0 Å². The quantitative estimate of drug-likeness (QED) is 0.536. The van der Waals surface area contributed by atoms with Crippen LogP contribution >= 0.6 is 0 Å². The van der Waals surface area contributed by atoms with Gasteiger partial charge in [-0.1, -0.05) is 12.1 Å². The minimum Gasteiger partial charge on any atom is -0.478 e. The number of hydroxylamine groups is 2. The fourth-order valence-corrected chi connectivity index (χ4v) is 2.19. The number of nitrogens with zero attached hydrogens (tertiary/aromatic N) is 1. The molecule has 0 saturated heterocycles. The molecule has 0 spiro atoms. The number of likely N-dealkylation sites (N-methyl/N-ethyl adjacent to an activating group) is 1. The summed E-state index contributed by atoms with van der Waals surface area (Å²) in [6.07, 6.45) is 1.36. The van der Waals surface area contributed by atoms with Gasteiger partial charge in [-0.3, -0.25) is 0 Å². The molecule has 1 atom stereocenters. The minimum atomic E-state index is -0.940. The average Bonchev–Trinajstić information content (AvgIpc) is 3.09. The number of hydrogen-bond acceptors (Lipinski definition) is 4. The van der Waals surface area contributed by atoms with E-state index in [1.807, 2.05) is 0 Å². The molecule has 1 aromatic carbocycles. The van der Waals surface area contributed by atoms with Crippen molar-refractivity contribution in [3.8, 4) is 0 Å². The predicted molar refractivity (Wildman–Crippen MR) is 61.8 cm³/mol.